The van der Waals surface area contributed by atoms with Gasteiger partial charge >= 0.3 is 0 Å². The summed E-state index contributed by atoms with van der Waals surface area (Å²) in [5.74, 6) is -0.307. The number of aromatic nitrogens is 2. The van der Waals surface area contributed by atoms with Crippen molar-refractivity contribution in [1.29, 1.82) is 0 Å². The zero-order chi connectivity index (χ0) is 13.0. The van der Waals surface area contributed by atoms with E-state index in [0.717, 1.165) is 22.1 Å². The molecule has 2 nitrogen and oxygen atoms in total. The highest BCUT2D eigenvalue weighted by atomic mass is 35.5. The van der Waals surface area contributed by atoms with E-state index in [2.05, 4.69) is 9.97 Å². The molecule has 4 heteroatoms. The molecule has 0 unspecified atom stereocenters. The zero-order valence-corrected chi connectivity index (χ0v) is 10.5. The van der Waals surface area contributed by atoms with E-state index in [0.29, 0.717) is 16.1 Å². The Morgan fingerprint density at radius 2 is 1.89 bits per heavy atom. The Kier molecular flexibility index (Phi) is 2.09. The molecular weight excluding hydrogens is 263 g/mol. The Balaban J connectivity index is 2.26. The third-order valence-corrected chi connectivity index (χ3v) is 3.71. The first-order valence-corrected chi connectivity index (χ1v) is 6.27. The largest absolute Gasteiger partial charge is 0.353 e. The highest BCUT2D eigenvalue weighted by Crippen LogP contribution is 2.38. The van der Waals surface area contributed by atoms with Gasteiger partial charge in [-0.25, -0.2) is 9.37 Å². The first-order chi connectivity index (χ1) is 9.24. The summed E-state index contributed by atoms with van der Waals surface area (Å²) in [6, 6.07) is 12.4. The number of fused-ring (bicyclic) bond motifs is 4. The summed E-state index contributed by atoms with van der Waals surface area (Å²) in [6.45, 7) is 0. The minimum Gasteiger partial charge on any atom is -0.353 e. The van der Waals surface area contributed by atoms with Gasteiger partial charge in [0, 0.05) is 16.3 Å². The average Bonchev–Trinajstić information content (AvgIpc) is 2.79. The van der Waals surface area contributed by atoms with E-state index in [4.69, 9.17) is 11.6 Å². The fourth-order valence-corrected chi connectivity index (χ4v) is 2.73. The molecule has 0 saturated carbocycles. The van der Waals surface area contributed by atoms with E-state index in [9.17, 15) is 4.39 Å². The van der Waals surface area contributed by atoms with Gasteiger partial charge in [0.25, 0.3) is 0 Å². The minimum atomic E-state index is -0.307. The van der Waals surface area contributed by atoms with E-state index in [1.807, 2.05) is 24.3 Å². The molecule has 19 heavy (non-hydrogen) atoms. The van der Waals surface area contributed by atoms with Crippen molar-refractivity contribution in [2.45, 2.75) is 0 Å². The standard InChI is InChI=1S/C15H8ClFN2/c16-13-10-7-8(17)5-6-12(10)18-14-9-3-1-2-4-11(9)19-15(13)14/h1-7,18H. The number of hydrogen-bond donors (Lipinski definition) is 1. The Morgan fingerprint density at radius 3 is 2.79 bits per heavy atom. The third-order valence-electron chi connectivity index (χ3n) is 3.33. The van der Waals surface area contributed by atoms with Gasteiger partial charge in [0.1, 0.15) is 11.5 Å². The van der Waals surface area contributed by atoms with E-state index in [1.54, 1.807) is 6.07 Å². The normalized spacial score (nSPS) is 11.7. The van der Waals surface area contributed by atoms with Gasteiger partial charge in [-0.2, -0.15) is 0 Å². The van der Waals surface area contributed by atoms with Crippen molar-refractivity contribution in [3.05, 3.63) is 53.3 Å². The van der Waals surface area contributed by atoms with Crippen LogP contribution in [0.1, 0.15) is 0 Å². The molecule has 0 atom stereocenters. The maximum Gasteiger partial charge on any atom is 0.124 e. The van der Waals surface area contributed by atoms with Crippen LogP contribution in [-0.4, -0.2) is 9.97 Å². The number of nitrogens with one attached hydrogen (secondary N) is 1. The van der Waals surface area contributed by atoms with Gasteiger partial charge < -0.3 is 4.98 Å². The molecule has 2 aliphatic rings. The number of rotatable bonds is 0. The number of aromatic amines is 1. The predicted octanol–water partition coefficient (Wildman–Crippen LogP) is 4.61. The molecule has 4 rings (SSSR count). The van der Waals surface area contributed by atoms with Crippen LogP contribution in [0.5, 0.6) is 0 Å². The maximum atomic E-state index is 13.3. The van der Waals surface area contributed by atoms with E-state index in [-0.39, 0.29) is 5.82 Å². The lowest BCUT2D eigenvalue weighted by Crippen LogP contribution is -1.89. The number of hydrogen-bond acceptors (Lipinski definition) is 1. The monoisotopic (exact) mass is 270 g/mol. The first-order valence-electron chi connectivity index (χ1n) is 5.89. The Bertz CT molecular complexity index is 897. The summed E-state index contributed by atoms with van der Waals surface area (Å²) >= 11 is 6.37. The molecule has 2 aromatic rings. The van der Waals surface area contributed by atoms with Crippen LogP contribution >= 0.6 is 11.6 Å². The number of para-hydroxylation sites is 1. The first kappa shape index (κ1) is 10.8. The average molecular weight is 271 g/mol. The molecule has 0 amide bonds. The molecule has 2 aliphatic heterocycles. The van der Waals surface area contributed by atoms with Crippen molar-refractivity contribution in [3.63, 3.8) is 0 Å². The summed E-state index contributed by atoms with van der Waals surface area (Å²) in [7, 11) is 0. The lowest BCUT2D eigenvalue weighted by molar-refractivity contribution is 0.629. The molecule has 2 aromatic carbocycles. The lowest BCUT2D eigenvalue weighted by atomic mass is 10.1. The van der Waals surface area contributed by atoms with Gasteiger partial charge in [-0.1, -0.05) is 29.8 Å². The molecule has 0 aromatic heterocycles. The summed E-state index contributed by atoms with van der Waals surface area (Å²) in [6.07, 6.45) is 0. The van der Waals surface area contributed by atoms with Gasteiger partial charge in [-0.3, -0.25) is 0 Å². The summed E-state index contributed by atoms with van der Waals surface area (Å²) < 4.78 is 13.3. The molecule has 0 fully saturated rings. The molecule has 0 saturated heterocycles. The second-order valence-electron chi connectivity index (χ2n) is 4.48. The molecule has 1 N–H and O–H groups in total. The van der Waals surface area contributed by atoms with Crippen molar-refractivity contribution >= 4 is 33.4 Å². The molecule has 0 spiro atoms. The topological polar surface area (TPSA) is 28.7 Å². The molecule has 2 heterocycles. The van der Waals surface area contributed by atoms with Crippen molar-refractivity contribution in [2.24, 2.45) is 0 Å². The second-order valence-corrected chi connectivity index (χ2v) is 4.86. The van der Waals surface area contributed by atoms with Crippen LogP contribution in [-0.2, 0) is 0 Å². The van der Waals surface area contributed by atoms with E-state index >= 15 is 0 Å². The van der Waals surface area contributed by atoms with Crippen LogP contribution in [0.15, 0.2) is 42.5 Å². The summed E-state index contributed by atoms with van der Waals surface area (Å²) in [4.78, 5) is 7.80. The van der Waals surface area contributed by atoms with Crippen LogP contribution < -0.4 is 0 Å². The molecule has 0 radical (unpaired) electrons. The van der Waals surface area contributed by atoms with Crippen molar-refractivity contribution < 1.29 is 4.39 Å². The summed E-state index contributed by atoms with van der Waals surface area (Å²) in [5.41, 5.74) is 3.25. The molecule has 0 aliphatic carbocycles. The van der Waals surface area contributed by atoms with Crippen LogP contribution in [0.4, 0.5) is 4.39 Å². The molecule has 0 bridgehead atoms. The number of pyridine rings is 1. The SMILES string of the molecule is Fc1ccc2[nH]c3c4ccccc4nc-3c(Cl)c2c1. The van der Waals surface area contributed by atoms with Crippen LogP contribution in [0.25, 0.3) is 33.2 Å². The van der Waals surface area contributed by atoms with Gasteiger partial charge in [-0.05, 0) is 24.3 Å². The quantitative estimate of drug-likeness (QED) is 0.496. The van der Waals surface area contributed by atoms with Gasteiger partial charge in [-0.15, -0.1) is 0 Å². The Morgan fingerprint density at radius 1 is 1.05 bits per heavy atom. The predicted molar refractivity (Wildman–Crippen MR) is 75.2 cm³/mol. The fourth-order valence-electron chi connectivity index (χ4n) is 2.44. The zero-order valence-electron chi connectivity index (χ0n) is 9.74. The highest BCUT2D eigenvalue weighted by Gasteiger charge is 2.18. The number of halogens is 2. The molecule has 92 valence electrons. The van der Waals surface area contributed by atoms with Crippen molar-refractivity contribution in [3.8, 4) is 11.4 Å². The maximum absolute atomic E-state index is 13.3. The Hall–Kier alpha value is -2.13. The van der Waals surface area contributed by atoms with Crippen LogP contribution in [0, 0.1) is 5.82 Å². The smallest absolute Gasteiger partial charge is 0.124 e. The highest BCUT2D eigenvalue weighted by molar-refractivity contribution is 6.38. The van der Waals surface area contributed by atoms with E-state index in [1.165, 1.54) is 12.1 Å². The number of nitrogens with zero attached hydrogens (tertiary/aromatic N) is 1. The van der Waals surface area contributed by atoms with Gasteiger partial charge in [0.2, 0.25) is 0 Å². The fraction of sp³-hybridized carbons (Fsp3) is 0. The Labute approximate surface area is 113 Å². The van der Waals surface area contributed by atoms with Gasteiger partial charge in [0.15, 0.2) is 0 Å². The minimum absolute atomic E-state index is 0.307. The van der Waals surface area contributed by atoms with Crippen molar-refractivity contribution in [2.75, 3.05) is 0 Å². The summed E-state index contributed by atoms with van der Waals surface area (Å²) in [5, 5.41) is 2.15. The lowest BCUT2D eigenvalue weighted by Gasteiger charge is -2.07. The second kappa shape index (κ2) is 3.68. The van der Waals surface area contributed by atoms with Crippen molar-refractivity contribution in [1.82, 2.24) is 9.97 Å². The third kappa shape index (κ3) is 1.45. The van der Waals surface area contributed by atoms with Gasteiger partial charge in [0.05, 0.1) is 16.2 Å². The molecular formula is C15H8ClFN2. The van der Waals surface area contributed by atoms with E-state index < -0.39 is 0 Å². The van der Waals surface area contributed by atoms with Crippen LogP contribution in [0.2, 0.25) is 5.02 Å². The number of benzene rings is 2. The van der Waals surface area contributed by atoms with Crippen LogP contribution in [0.3, 0.4) is 0 Å². The number of H-pyrrole nitrogens is 1.